The van der Waals surface area contributed by atoms with Crippen LogP contribution in [0, 0.1) is 0 Å². The second kappa shape index (κ2) is 10.3. The van der Waals surface area contributed by atoms with E-state index >= 15 is 0 Å². The summed E-state index contributed by atoms with van der Waals surface area (Å²) in [5.41, 5.74) is 0. The number of ether oxygens (including phenoxy) is 1. The molecule has 2 fully saturated rings. The van der Waals surface area contributed by atoms with Gasteiger partial charge in [0.2, 0.25) is 5.91 Å². The number of hydrogen-bond acceptors (Lipinski definition) is 4. The van der Waals surface area contributed by atoms with Gasteiger partial charge >= 0.3 is 0 Å². The van der Waals surface area contributed by atoms with Gasteiger partial charge in [0.15, 0.2) is 0 Å². The number of carbonyl (C=O) groups excluding carboxylic acids is 1. The molecular weight excluding hydrogens is 362 g/mol. The average Bonchev–Trinajstić information content (AvgIpc) is 2.70. The SMILES string of the molecule is CCC1CCCCN1C(=O)CN1CCN(CCOc2ccc(Cl)cc2)CC1. The Labute approximate surface area is 168 Å². The largest absolute Gasteiger partial charge is 0.492 e. The van der Waals surface area contributed by atoms with Crippen molar-refractivity contribution in [3.8, 4) is 5.75 Å². The molecule has 150 valence electrons. The fourth-order valence-corrected chi connectivity index (χ4v) is 4.16. The molecule has 0 spiro atoms. The average molecular weight is 394 g/mol. The van der Waals surface area contributed by atoms with Crippen molar-refractivity contribution in [2.24, 2.45) is 0 Å². The Bertz CT molecular complexity index is 588. The molecule has 0 radical (unpaired) electrons. The lowest BCUT2D eigenvalue weighted by atomic mass is 10.00. The van der Waals surface area contributed by atoms with Crippen LogP contribution in [0.5, 0.6) is 5.75 Å². The third kappa shape index (κ3) is 6.09. The first-order valence-corrected chi connectivity index (χ1v) is 10.7. The zero-order valence-electron chi connectivity index (χ0n) is 16.4. The summed E-state index contributed by atoms with van der Waals surface area (Å²) in [6, 6.07) is 7.94. The molecule has 0 aliphatic carbocycles. The standard InChI is InChI=1S/C21H32ClN3O2/c1-2-19-5-3-4-10-25(19)21(26)17-24-13-11-23(12-14-24)15-16-27-20-8-6-18(22)7-9-20/h6-9,19H,2-5,10-17H2,1H3. The van der Waals surface area contributed by atoms with E-state index in [0.29, 0.717) is 25.1 Å². The quantitative estimate of drug-likeness (QED) is 0.713. The van der Waals surface area contributed by atoms with E-state index in [1.54, 1.807) is 0 Å². The monoisotopic (exact) mass is 393 g/mol. The molecule has 27 heavy (non-hydrogen) atoms. The number of rotatable bonds is 7. The molecule has 1 aromatic rings. The lowest BCUT2D eigenvalue weighted by Crippen LogP contribution is -2.52. The van der Waals surface area contributed by atoms with Crippen molar-refractivity contribution >= 4 is 17.5 Å². The highest BCUT2D eigenvalue weighted by Gasteiger charge is 2.27. The summed E-state index contributed by atoms with van der Waals surface area (Å²) in [6.07, 6.45) is 4.67. The molecular formula is C21H32ClN3O2. The molecule has 5 nitrogen and oxygen atoms in total. The first-order valence-electron chi connectivity index (χ1n) is 10.3. The van der Waals surface area contributed by atoms with E-state index in [9.17, 15) is 4.79 Å². The van der Waals surface area contributed by atoms with Gasteiger partial charge in [-0.2, -0.15) is 0 Å². The molecule has 2 heterocycles. The number of halogens is 1. The van der Waals surface area contributed by atoms with Gasteiger partial charge in [-0.05, 0) is 49.9 Å². The maximum Gasteiger partial charge on any atom is 0.236 e. The van der Waals surface area contributed by atoms with Crippen LogP contribution in [0.2, 0.25) is 5.02 Å². The van der Waals surface area contributed by atoms with E-state index in [0.717, 1.165) is 62.9 Å². The Morgan fingerprint density at radius 1 is 1.07 bits per heavy atom. The second-order valence-electron chi connectivity index (χ2n) is 7.57. The van der Waals surface area contributed by atoms with Gasteiger partial charge in [-0.3, -0.25) is 14.6 Å². The fourth-order valence-electron chi connectivity index (χ4n) is 4.03. The number of nitrogens with zero attached hydrogens (tertiary/aromatic N) is 3. The van der Waals surface area contributed by atoms with Crippen LogP contribution in [0.15, 0.2) is 24.3 Å². The molecule has 1 unspecified atom stereocenters. The van der Waals surface area contributed by atoms with Crippen molar-refractivity contribution in [3.63, 3.8) is 0 Å². The van der Waals surface area contributed by atoms with E-state index in [4.69, 9.17) is 16.3 Å². The summed E-state index contributed by atoms with van der Waals surface area (Å²) in [5, 5.41) is 0.725. The van der Waals surface area contributed by atoms with Crippen molar-refractivity contribution in [1.29, 1.82) is 0 Å². The molecule has 1 atom stereocenters. The minimum atomic E-state index is 0.320. The smallest absolute Gasteiger partial charge is 0.236 e. The molecule has 0 N–H and O–H groups in total. The van der Waals surface area contributed by atoms with Crippen LogP contribution in [0.4, 0.5) is 0 Å². The zero-order chi connectivity index (χ0) is 19.1. The maximum absolute atomic E-state index is 12.7. The molecule has 6 heteroatoms. The highest BCUT2D eigenvalue weighted by atomic mass is 35.5. The molecule has 3 rings (SSSR count). The fraction of sp³-hybridized carbons (Fsp3) is 0.667. The van der Waals surface area contributed by atoms with Crippen molar-refractivity contribution in [2.45, 2.75) is 38.6 Å². The van der Waals surface area contributed by atoms with Crippen molar-refractivity contribution in [2.75, 3.05) is 52.4 Å². The number of hydrogen-bond donors (Lipinski definition) is 0. The minimum absolute atomic E-state index is 0.320. The van der Waals surface area contributed by atoms with E-state index in [1.807, 2.05) is 24.3 Å². The van der Waals surface area contributed by atoms with Gasteiger partial charge in [-0.15, -0.1) is 0 Å². The van der Waals surface area contributed by atoms with E-state index in [2.05, 4.69) is 21.6 Å². The zero-order valence-corrected chi connectivity index (χ0v) is 17.2. The highest BCUT2D eigenvalue weighted by molar-refractivity contribution is 6.30. The first-order chi connectivity index (χ1) is 13.2. The highest BCUT2D eigenvalue weighted by Crippen LogP contribution is 2.20. The molecule has 1 amide bonds. The van der Waals surface area contributed by atoms with Crippen molar-refractivity contribution < 1.29 is 9.53 Å². The Kier molecular flexibility index (Phi) is 7.80. The molecule has 2 aliphatic heterocycles. The van der Waals surface area contributed by atoms with Crippen LogP contribution in [0.1, 0.15) is 32.6 Å². The number of likely N-dealkylation sites (tertiary alicyclic amines) is 1. The molecule has 2 aliphatic rings. The van der Waals surface area contributed by atoms with Crippen LogP contribution >= 0.6 is 11.6 Å². The predicted octanol–water partition coefficient (Wildman–Crippen LogP) is 3.13. The van der Waals surface area contributed by atoms with Gasteiger partial charge < -0.3 is 9.64 Å². The van der Waals surface area contributed by atoms with Crippen molar-refractivity contribution in [1.82, 2.24) is 14.7 Å². The van der Waals surface area contributed by atoms with Gasteiger partial charge in [0.05, 0.1) is 6.54 Å². The first kappa shape index (κ1) is 20.4. The number of carbonyl (C=O) groups is 1. The topological polar surface area (TPSA) is 36.0 Å². The normalized spacial score (nSPS) is 22.0. The van der Waals surface area contributed by atoms with E-state index in [1.165, 1.54) is 12.8 Å². The predicted molar refractivity (Wildman–Crippen MR) is 109 cm³/mol. The van der Waals surface area contributed by atoms with Crippen molar-refractivity contribution in [3.05, 3.63) is 29.3 Å². The summed E-state index contributed by atoms with van der Waals surface area (Å²) in [7, 11) is 0. The van der Waals surface area contributed by atoms with Crippen LogP contribution in [0.3, 0.4) is 0 Å². The van der Waals surface area contributed by atoms with Gasteiger partial charge in [0.1, 0.15) is 12.4 Å². The molecule has 0 saturated carbocycles. The minimum Gasteiger partial charge on any atom is -0.492 e. The molecule has 1 aromatic carbocycles. The summed E-state index contributed by atoms with van der Waals surface area (Å²) in [6.45, 7) is 9.20. The van der Waals surface area contributed by atoms with Gasteiger partial charge in [0.25, 0.3) is 0 Å². The lowest BCUT2D eigenvalue weighted by Gasteiger charge is -2.38. The number of piperazine rings is 1. The Morgan fingerprint density at radius 2 is 1.78 bits per heavy atom. The Morgan fingerprint density at radius 3 is 2.48 bits per heavy atom. The van der Waals surface area contributed by atoms with Crippen LogP contribution in [-0.4, -0.2) is 79.1 Å². The number of amides is 1. The van der Waals surface area contributed by atoms with Crippen LogP contribution in [-0.2, 0) is 4.79 Å². The summed E-state index contributed by atoms with van der Waals surface area (Å²) >= 11 is 5.89. The Balaban J connectivity index is 1.34. The lowest BCUT2D eigenvalue weighted by molar-refractivity contribution is -0.136. The van der Waals surface area contributed by atoms with Gasteiger partial charge in [0, 0.05) is 50.3 Å². The van der Waals surface area contributed by atoms with Crippen LogP contribution < -0.4 is 4.74 Å². The molecule has 0 bridgehead atoms. The number of benzene rings is 1. The maximum atomic E-state index is 12.7. The molecule has 2 saturated heterocycles. The third-order valence-electron chi connectivity index (χ3n) is 5.73. The van der Waals surface area contributed by atoms with E-state index < -0.39 is 0 Å². The summed E-state index contributed by atoms with van der Waals surface area (Å²) in [5.74, 6) is 1.18. The van der Waals surface area contributed by atoms with Crippen LogP contribution in [0.25, 0.3) is 0 Å². The van der Waals surface area contributed by atoms with Gasteiger partial charge in [-0.1, -0.05) is 18.5 Å². The number of piperidine rings is 1. The Hall–Kier alpha value is -1.30. The second-order valence-corrected chi connectivity index (χ2v) is 8.00. The third-order valence-corrected chi connectivity index (χ3v) is 5.98. The van der Waals surface area contributed by atoms with E-state index in [-0.39, 0.29) is 0 Å². The van der Waals surface area contributed by atoms with Gasteiger partial charge in [-0.25, -0.2) is 0 Å². The summed E-state index contributed by atoms with van der Waals surface area (Å²) in [4.78, 5) is 19.6. The molecule has 0 aromatic heterocycles. The summed E-state index contributed by atoms with van der Waals surface area (Å²) < 4.78 is 5.78.